The van der Waals surface area contributed by atoms with E-state index in [2.05, 4.69) is 23.6 Å². The molecule has 0 atom stereocenters. The zero-order valence-corrected chi connectivity index (χ0v) is 14.9. The molecule has 130 valence electrons. The minimum absolute atomic E-state index is 0.314. The first kappa shape index (κ1) is 19.3. The minimum Gasteiger partial charge on any atom is -0.319 e. The number of aromatic nitrogens is 3. The highest BCUT2D eigenvalue weighted by atomic mass is 32.2. The first-order valence-electron chi connectivity index (χ1n) is 7.90. The molecule has 8 heteroatoms. The zero-order valence-electron chi connectivity index (χ0n) is 14.1. The summed E-state index contributed by atoms with van der Waals surface area (Å²) in [5.41, 5.74) is 0. The Kier molecular flexibility index (Phi) is 7.41. The van der Waals surface area contributed by atoms with Gasteiger partial charge in [-0.2, -0.15) is 4.68 Å². The molecule has 1 aromatic heterocycles. The van der Waals surface area contributed by atoms with Gasteiger partial charge in [0.05, 0.1) is 5.25 Å². The van der Waals surface area contributed by atoms with E-state index in [4.69, 9.17) is 0 Å². The zero-order chi connectivity index (χ0) is 17.5. The molecule has 1 amide bonds. The summed E-state index contributed by atoms with van der Waals surface area (Å²) in [4.78, 5) is 17.8. The Hall–Kier alpha value is -1.70. The molecular formula is C15H26N4O3S. The third-order valence-electron chi connectivity index (χ3n) is 3.44. The molecule has 0 aliphatic carbocycles. The molecule has 7 nitrogen and oxygen atoms in total. The van der Waals surface area contributed by atoms with Crippen molar-refractivity contribution in [1.29, 1.82) is 0 Å². The van der Waals surface area contributed by atoms with E-state index in [9.17, 15) is 13.2 Å². The summed E-state index contributed by atoms with van der Waals surface area (Å²) in [6.45, 7) is 9.85. The monoisotopic (exact) mass is 342 g/mol. The predicted octanol–water partition coefficient (Wildman–Crippen LogP) is 2.50. The van der Waals surface area contributed by atoms with Crippen molar-refractivity contribution in [2.45, 2.75) is 56.9 Å². The first-order chi connectivity index (χ1) is 10.8. The van der Waals surface area contributed by atoms with Gasteiger partial charge in [-0.3, -0.25) is 0 Å². The highest BCUT2D eigenvalue weighted by molar-refractivity contribution is 7.91. The topological polar surface area (TPSA) is 85.2 Å². The molecule has 0 fully saturated rings. The molecule has 0 aliphatic heterocycles. The van der Waals surface area contributed by atoms with Gasteiger partial charge in [0.1, 0.15) is 6.33 Å². The highest BCUT2D eigenvalue weighted by Gasteiger charge is 2.26. The second-order valence-corrected chi connectivity index (χ2v) is 8.04. The number of amides is 1. The SMILES string of the molecule is C=CCN(CCCCCC)C(=O)n1cnc(S(=O)(=O)C(C)C)n1. The number of carbonyl (C=O) groups excluding carboxylic acids is 1. The Bertz CT molecular complexity index is 622. The molecular weight excluding hydrogens is 316 g/mol. The standard InChI is InChI=1S/C15H26N4O3S/c1-5-7-8-9-11-18(10-6-2)15(20)19-12-16-14(17-19)23(21,22)13(3)4/h6,12-13H,2,5,7-11H2,1,3-4H3. The van der Waals surface area contributed by atoms with Gasteiger partial charge in [0, 0.05) is 13.1 Å². The van der Waals surface area contributed by atoms with Crippen molar-refractivity contribution in [2.24, 2.45) is 0 Å². The maximum absolute atomic E-state index is 12.5. The number of hydrogen-bond donors (Lipinski definition) is 0. The third-order valence-corrected chi connectivity index (χ3v) is 5.38. The van der Waals surface area contributed by atoms with Crippen molar-refractivity contribution in [3.8, 4) is 0 Å². The summed E-state index contributed by atoms with van der Waals surface area (Å²) >= 11 is 0. The van der Waals surface area contributed by atoms with Gasteiger partial charge in [-0.05, 0) is 20.3 Å². The molecule has 0 aromatic carbocycles. The fourth-order valence-electron chi connectivity index (χ4n) is 1.98. The van der Waals surface area contributed by atoms with E-state index in [1.165, 1.54) is 0 Å². The molecule has 0 saturated carbocycles. The molecule has 1 rings (SSSR count). The largest absolute Gasteiger partial charge is 0.346 e. The summed E-state index contributed by atoms with van der Waals surface area (Å²) in [7, 11) is -3.59. The second-order valence-electron chi connectivity index (χ2n) is 5.64. The average Bonchev–Trinajstić information content (AvgIpc) is 3.00. The van der Waals surface area contributed by atoms with Crippen molar-refractivity contribution in [3.63, 3.8) is 0 Å². The second kappa shape index (κ2) is 8.81. The lowest BCUT2D eigenvalue weighted by Gasteiger charge is -2.20. The number of sulfone groups is 1. The van der Waals surface area contributed by atoms with E-state index in [0.29, 0.717) is 13.1 Å². The van der Waals surface area contributed by atoms with Crippen LogP contribution < -0.4 is 0 Å². The maximum Gasteiger partial charge on any atom is 0.346 e. The van der Waals surface area contributed by atoms with Crippen molar-refractivity contribution >= 4 is 15.9 Å². The van der Waals surface area contributed by atoms with E-state index < -0.39 is 15.1 Å². The van der Waals surface area contributed by atoms with Crippen LogP contribution in [0.4, 0.5) is 4.79 Å². The van der Waals surface area contributed by atoms with Gasteiger partial charge in [0.25, 0.3) is 5.16 Å². The number of rotatable bonds is 9. The fraction of sp³-hybridized carbons (Fsp3) is 0.667. The number of unbranched alkanes of at least 4 members (excludes halogenated alkanes) is 3. The van der Waals surface area contributed by atoms with Crippen LogP contribution in [-0.2, 0) is 9.84 Å². The van der Waals surface area contributed by atoms with Gasteiger partial charge < -0.3 is 4.90 Å². The van der Waals surface area contributed by atoms with Gasteiger partial charge in [-0.15, -0.1) is 11.7 Å². The van der Waals surface area contributed by atoms with Crippen LogP contribution in [0.25, 0.3) is 0 Å². The molecule has 0 N–H and O–H groups in total. The Balaban J connectivity index is 2.84. The minimum atomic E-state index is -3.59. The van der Waals surface area contributed by atoms with Crippen LogP contribution in [0.3, 0.4) is 0 Å². The number of hydrogen-bond acceptors (Lipinski definition) is 5. The summed E-state index contributed by atoms with van der Waals surface area (Å²) in [5.74, 6) is 0. The normalized spacial score (nSPS) is 11.7. The summed E-state index contributed by atoms with van der Waals surface area (Å²) in [6.07, 6.45) is 6.96. The van der Waals surface area contributed by atoms with Crippen LogP contribution in [0.15, 0.2) is 24.1 Å². The van der Waals surface area contributed by atoms with E-state index in [-0.39, 0.29) is 11.2 Å². The third kappa shape index (κ3) is 5.16. The quantitative estimate of drug-likeness (QED) is 0.508. The van der Waals surface area contributed by atoms with Crippen molar-refractivity contribution < 1.29 is 13.2 Å². The van der Waals surface area contributed by atoms with Crippen molar-refractivity contribution in [2.75, 3.05) is 13.1 Å². The number of carbonyl (C=O) groups is 1. The fourth-order valence-corrected chi connectivity index (χ4v) is 2.79. The van der Waals surface area contributed by atoms with Crippen LogP contribution in [-0.4, -0.2) is 52.5 Å². The maximum atomic E-state index is 12.5. The average molecular weight is 342 g/mol. The Morgan fingerprint density at radius 1 is 1.39 bits per heavy atom. The molecule has 1 aromatic rings. The highest BCUT2D eigenvalue weighted by Crippen LogP contribution is 2.11. The predicted molar refractivity (Wildman–Crippen MR) is 89.0 cm³/mol. The van der Waals surface area contributed by atoms with Gasteiger partial charge >= 0.3 is 6.03 Å². The molecule has 0 bridgehead atoms. The molecule has 0 aliphatic rings. The summed E-state index contributed by atoms with van der Waals surface area (Å²) < 4.78 is 25.0. The van der Waals surface area contributed by atoms with Crippen LogP contribution in [0, 0.1) is 0 Å². The van der Waals surface area contributed by atoms with Crippen molar-refractivity contribution in [3.05, 3.63) is 19.0 Å². The smallest absolute Gasteiger partial charge is 0.319 e. The van der Waals surface area contributed by atoms with Crippen LogP contribution in [0.2, 0.25) is 0 Å². The molecule has 1 heterocycles. The first-order valence-corrected chi connectivity index (χ1v) is 9.45. The van der Waals surface area contributed by atoms with Crippen LogP contribution in [0.1, 0.15) is 46.5 Å². The Morgan fingerprint density at radius 2 is 2.09 bits per heavy atom. The molecule has 0 saturated heterocycles. The van der Waals surface area contributed by atoms with Crippen LogP contribution >= 0.6 is 0 Å². The Labute approximate surface area is 138 Å². The van der Waals surface area contributed by atoms with E-state index >= 15 is 0 Å². The lowest BCUT2D eigenvalue weighted by Crippen LogP contribution is -2.36. The molecule has 0 spiro atoms. The Morgan fingerprint density at radius 3 is 2.65 bits per heavy atom. The van der Waals surface area contributed by atoms with Crippen molar-refractivity contribution in [1.82, 2.24) is 19.7 Å². The van der Waals surface area contributed by atoms with Crippen LogP contribution in [0.5, 0.6) is 0 Å². The van der Waals surface area contributed by atoms with E-state index in [1.54, 1.807) is 24.8 Å². The summed E-state index contributed by atoms with van der Waals surface area (Å²) in [5, 5.41) is 2.90. The summed E-state index contributed by atoms with van der Waals surface area (Å²) in [6, 6.07) is -0.390. The molecule has 23 heavy (non-hydrogen) atoms. The van der Waals surface area contributed by atoms with Gasteiger partial charge in [-0.1, -0.05) is 32.3 Å². The van der Waals surface area contributed by atoms with E-state index in [1.807, 2.05) is 0 Å². The molecule has 0 radical (unpaired) electrons. The van der Waals surface area contributed by atoms with Gasteiger partial charge in [0.2, 0.25) is 9.84 Å². The molecule has 0 unspecified atom stereocenters. The lowest BCUT2D eigenvalue weighted by atomic mass is 10.2. The van der Waals surface area contributed by atoms with E-state index in [0.717, 1.165) is 36.7 Å². The lowest BCUT2D eigenvalue weighted by molar-refractivity contribution is 0.200. The van der Waals surface area contributed by atoms with Gasteiger partial charge in [0.15, 0.2) is 0 Å². The van der Waals surface area contributed by atoms with Gasteiger partial charge in [-0.25, -0.2) is 18.2 Å². The number of nitrogens with zero attached hydrogens (tertiary/aromatic N) is 4.